The molecule has 0 spiro atoms. The molecule has 0 amide bonds. The molecule has 0 aliphatic heterocycles. The van der Waals surface area contributed by atoms with Gasteiger partial charge in [0.2, 0.25) is 0 Å². The summed E-state index contributed by atoms with van der Waals surface area (Å²) in [5, 5.41) is 0. The van der Waals surface area contributed by atoms with E-state index in [1.54, 1.807) is 23.2 Å². The zero-order valence-electron chi connectivity index (χ0n) is 28.6. The predicted octanol–water partition coefficient (Wildman–Crippen LogP) is 5.65. The molecular weight excluding hydrogens is 679 g/mol. The van der Waals surface area contributed by atoms with Crippen molar-refractivity contribution in [1.82, 2.24) is 0 Å². The molecule has 46 heavy (non-hydrogen) atoms. The van der Waals surface area contributed by atoms with Gasteiger partial charge in [-0.05, 0) is 0 Å². The smallest absolute Gasteiger partial charge is 1.00 e. The number of unbranched alkanes of at least 4 members (excludes halogenated alkanes) is 1. The third-order valence-electron chi connectivity index (χ3n) is 9.58. The molecule has 0 heterocycles. The molecule has 0 radical (unpaired) electrons. The first kappa shape index (κ1) is 36.5. The average molecular weight is 727 g/mol. The van der Waals surface area contributed by atoms with Crippen molar-refractivity contribution in [2.24, 2.45) is 0 Å². The van der Waals surface area contributed by atoms with Crippen LogP contribution in [0.25, 0.3) is 11.1 Å². The van der Waals surface area contributed by atoms with Crippen LogP contribution in [0.1, 0.15) is 111 Å². The van der Waals surface area contributed by atoms with E-state index in [9.17, 15) is 0 Å². The van der Waals surface area contributed by atoms with E-state index in [1.807, 2.05) is 0 Å². The van der Waals surface area contributed by atoms with Gasteiger partial charge < -0.3 is 24.8 Å². The Morgan fingerprint density at radius 3 is 1.59 bits per heavy atom. The van der Waals surface area contributed by atoms with E-state index in [-0.39, 0.29) is 35.6 Å². The first-order valence-electron chi connectivity index (χ1n) is 16.6. The molecule has 0 nitrogen and oxygen atoms in total. The number of hydrogen-bond donors (Lipinski definition) is 0. The van der Waals surface area contributed by atoms with Gasteiger partial charge in [0.15, 0.2) is 0 Å². The normalized spacial score (nSPS) is 13.8. The van der Waals surface area contributed by atoms with Crippen molar-refractivity contribution in [3.8, 4) is 11.1 Å². The Kier molecular flexibility index (Phi) is 11.8. The van der Waals surface area contributed by atoms with Crippen molar-refractivity contribution < 1.29 is 46.1 Å². The third-order valence-corrected chi connectivity index (χ3v) is 18.2. The summed E-state index contributed by atoms with van der Waals surface area (Å²) in [6.07, 6.45) is 9.76. The van der Waals surface area contributed by atoms with E-state index in [1.165, 1.54) is 52.6 Å². The minimum atomic E-state index is -2.78. The van der Waals surface area contributed by atoms with Crippen LogP contribution in [0, 0.1) is 0 Å². The summed E-state index contributed by atoms with van der Waals surface area (Å²) in [5.41, 5.74) is 13.6. The van der Waals surface area contributed by atoms with E-state index in [0.29, 0.717) is 3.63 Å². The predicted molar refractivity (Wildman–Crippen MR) is 188 cm³/mol. The first-order valence-corrected chi connectivity index (χ1v) is 20.5. The van der Waals surface area contributed by atoms with Crippen LogP contribution in [0.5, 0.6) is 0 Å². The molecule has 0 saturated carbocycles. The van der Waals surface area contributed by atoms with Gasteiger partial charge in [0.05, 0.1) is 0 Å². The minimum absolute atomic E-state index is 0. The number of hydrogen-bond acceptors (Lipinski definition) is 0. The zero-order valence-corrected chi connectivity index (χ0v) is 32.5. The molecule has 0 saturated heterocycles. The number of fused-ring (bicyclic) bond motifs is 3. The SMILES string of the molecule is CCCCC1=[C]([Zr+2](=[C](c2ccccc2)c2ccccc2)[CH]2c3cc(C(C)(C)C)ccc3-c3ccc(C(C)(C)C)cc32)CC=C1.[Cl-].[Cl-]. The monoisotopic (exact) mass is 724 g/mol. The molecule has 0 aromatic heterocycles. The maximum Gasteiger partial charge on any atom is -1.00 e. The quantitative estimate of drug-likeness (QED) is 0.231. The van der Waals surface area contributed by atoms with Crippen LogP contribution in [0.15, 0.2) is 118 Å². The molecule has 4 aromatic rings. The molecule has 2 aliphatic carbocycles. The van der Waals surface area contributed by atoms with Crippen molar-refractivity contribution in [1.29, 1.82) is 0 Å². The summed E-state index contributed by atoms with van der Waals surface area (Å²) < 4.78 is 3.87. The molecule has 0 atom stereocenters. The average Bonchev–Trinajstić information content (AvgIpc) is 3.60. The number of benzene rings is 4. The second-order valence-corrected chi connectivity index (χ2v) is 20.9. The van der Waals surface area contributed by atoms with Gasteiger partial charge in [-0.15, -0.1) is 0 Å². The Bertz CT molecular complexity index is 1660. The first-order chi connectivity index (χ1) is 21.1. The summed E-state index contributed by atoms with van der Waals surface area (Å²) in [5.74, 6) is 0. The minimum Gasteiger partial charge on any atom is -1.00 e. The van der Waals surface area contributed by atoms with Crippen molar-refractivity contribution in [2.75, 3.05) is 0 Å². The van der Waals surface area contributed by atoms with Crippen molar-refractivity contribution in [3.05, 3.63) is 151 Å². The molecule has 0 N–H and O–H groups in total. The van der Waals surface area contributed by atoms with Gasteiger partial charge >= 0.3 is 276 Å². The summed E-state index contributed by atoms with van der Waals surface area (Å²) in [6, 6.07) is 37.7. The van der Waals surface area contributed by atoms with E-state index >= 15 is 0 Å². The molecule has 2 aliphatic rings. The maximum atomic E-state index is 2.61. The van der Waals surface area contributed by atoms with Crippen LogP contribution < -0.4 is 24.8 Å². The second kappa shape index (κ2) is 14.9. The van der Waals surface area contributed by atoms with Crippen LogP contribution in [0.3, 0.4) is 0 Å². The van der Waals surface area contributed by atoms with E-state index in [4.69, 9.17) is 0 Å². The molecule has 4 aromatic carbocycles. The van der Waals surface area contributed by atoms with Gasteiger partial charge in [-0.1, -0.05) is 0 Å². The fourth-order valence-corrected chi connectivity index (χ4v) is 16.6. The molecule has 0 unspecified atom stereocenters. The van der Waals surface area contributed by atoms with E-state index in [2.05, 4.69) is 158 Å². The number of halogens is 2. The van der Waals surface area contributed by atoms with E-state index in [0.717, 1.165) is 6.42 Å². The summed E-state index contributed by atoms with van der Waals surface area (Å²) in [7, 11) is 0. The molecule has 3 heteroatoms. The number of rotatable bonds is 7. The van der Waals surface area contributed by atoms with Crippen molar-refractivity contribution in [3.63, 3.8) is 0 Å². The van der Waals surface area contributed by atoms with Gasteiger partial charge in [-0.3, -0.25) is 0 Å². The Labute approximate surface area is 298 Å². The number of allylic oxidation sites excluding steroid dienone is 4. The zero-order chi connectivity index (χ0) is 31.1. The maximum absolute atomic E-state index is 2.78. The Balaban J connectivity index is 0.00000240. The van der Waals surface area contributed by atoms with Gasteiger partial charge in [0.25, 0.3) is 0 Å². The standard InChI is InChI=1S/C21H25.C13H10.C9H13.2ClH.Zr/c1-20(2,3)16-7-9-18-14(12-16)11-15-13-17(21(4,5)6)8-10-19(15)18;1-3-7-12(8-4-1)11-13-9-5-2-6-10-13;1-2-3-6-9-7-4-5-8-9;;;/h7-13H,1-6H3;1-10H;4,7H,2-3,5-6H2,1H3;2*1H;/q;;;;;+2/p-2. The van der Waals surface area contributed by atoms with E-state index < -0.39 is 21.3 Å². The molecule has 238 valence electrons. The van der Waals surface area contributed by atoms with Gasteiger partial charge in [-0.25, -0.2) is 0 Å². The summed E-state index contributed by atoms with van der Waals surface area (Å²) in [6.45, 7) is 16.5. The van der Waals surface area contributed by atoms with Gasteiger partial charge in [0.1, 0.15) is 0 Å². The van der Waals surface area contributed by atoms with Crippen LogP contribution in [0.4, 0.5) is 0 Å². The topological polar surface area (TPSA) is 0 Å². The second-order valence-electron chi connectivity index (χ2n) is 14.8. The Hall–Kier alpha value is -2.31. The fourth-order valence-electron chi connectivity index (χ4n) is 7.10. The summed E-state index contributed by atoms with van der Waals surface area (Å²) >= 11 is -2.78. The third kappa shape index (κ3) is 7.23. The Morgan fingerprint density at radius 2 is 1.15 bits per heavy atom. The molecule has 6 rings (SSSR count). The van der Waals surface area contributed by atoms with Crippen LogP contribution in [-0.2, 0) is 32.1 Å². The molecule has 0 bridgehead atoms. The van der Waals surface area contributed by atoms with Gasteiger partial charge in [0, 0.05) is 0 Å². The van der Waals surface area contributed by atoms with Crippen LogP contribution in [-0.4, -0.2) is 3.21 Å². The molecular formula is C43H48Cl2Zr. The molecule has 0 fully saturated rings. The van der Waals surface area contributed by atoms with Crippen molar-refractivity contribution in [2.45, 2.75) is 88.6 Å². The van der Waals surface area contributed by atoms with Crippen LogP contribution >= 0.6 is 0 Å². The largest absolute Gasteiger partial charge is 1.00 e. The summed E-state index contributed by atoms with van der Waals surface area (Å²) in [4.78, 5) is 0. The van der Waals surface area contributed by atoms with Crippen molar-refractivity contribution >= 4 is 3.21 Å². The fraction of sp³-hybridized carbons (Fsp3) is 0.326. The Morgan fingerprint density at radius 1 is 0.674 bits per heavy atom. The van der Waals surface area contributed by atoms with Gasteiger partial charge in [-0.2, -0.15) is 0 Å². The van der Waals surface area contributed by atoms with Crippen LogP contribution in [0.2, 0.25) is 0 Å².